The van der Waals surface area contributed by atoms with Gasteiger partial charge in [0.25, 0.3) is 5.91 Å². The van der Waals surface area contributed by atoms with Crippen LogP contribution in [0.25, 0.3) is 10.2 Å². The van der Waals surface area contributed by atoms with Crippen molar-refractivity contribution in [2.45, 2.75) is 45.1 Å². The van der Waals surface area contributed by atoms with Crippen molar-refractivity contribution in [3.8, 4) is 5.75 Å². The third kappa shape index (κ3) is 5.72. The predicted octanol–water partition coefficient (Wildman–Crippen LogP) is 4.30. The van der Waals surface area contributed by atoms with Gasteiger partial charge in [0.2, 0.25) is 10.0 Å². The van der Waals surface area contributed by atoms with Gasteiger partial charge in [-0.3, -0.25) is 4.79 Å². The number of benzene rings is 2. The molecular weight excluding hydrogens is 498 g/mol. The number of aromatic nitrogens is 1. The van der Waals surface area contributed by atoms with Crippen molar-refractivity contribution in [1.82, 2.24) is 8.87 Å². The average Bonchev–Trinajstić information content (AvgIpc) is 3.22. The average molecular weight is 532 g/mol. The Kier molecular flexibility index (Phi) is 8.61. The number of amides is 1. The summed E-state index contributed by atoms with van der Waals surface area (Å²) in [5.74, 6) is 0.839. The zero-order chi connectivity index (χ0) is 25.7. The number of carbonyl (C=O) groups excluding carboxylic acids is 1. The van der Waals surface area contributed by atoms with E-state index in [0.29, 0.717) is 55.7 Å². The molecule has 1 aliphatic heterocycles. The summed E-state index contributed by atoms with van der Waals surface area (Å²) in [5.41, 5.74) is 1.22. The number of sulfonamides is 1. The van der Waals surface area contributed by atoms with Crippen LogP contribution in [0.15, 0.2) is 52.4 Å². The van der Waals surface area contributed by atoms with Crippen molar-refractivity contribution in [3.63, 3.8) is 0 Å². The SMILES string of the molecule is CCOCCn1c(=NC(=O)c2ccc(S(=O)(=O)N3CCC(C)CC3)cc2)sc2cccc(OCC)c21. The second kappa shape index (κ2) is 11.7. The van der Waals surface area contributed by atoms with E-state index in [2.05, 4.69) is 11.9 Å². The van der Waals surface area contributed by atoms with E-state index in [1.807, 2.05) is 36.6 Å². The summed E-state index contributed by atoms with van der Waals surface area (Å²) in [6, 6.07) is 11.9. The first-order valence-corrected chi connectivity index (χ1v) is 14.6. The van der Waals surface area contributed by atoms with Crippen LogP contribution in [0.3, 0.4) is 0 Å². The highest BCUT2D eigenvalue weighted by Gasteiger charge is 2.28. The first-order valence-electron chi connectivity index (χ1n) is 12.4. The third-order valence-electron chi connectivity index (χ3n) is 6.31. The maximum atomic E-state index is 13.1. The second-order valence-corrected chi connectivity index (χ2v) is 11.7. The van der Waals surface area contributed by atoms with Crippen molar-refractivity contribution < 1.29 is 22.7 Å². The maximum absolute atomic E-state index is 13.1. The molecule has 0 N–H and O–H groups in total. The standard InChI is InChI=1S/C26H33N3O5S2/c1-4-33-18-17-29-24-22(34-5-2)7-6-8-23(24)35-26(29)27-25(30)20-9-11-21(12-10-20)36(31,32)28-15-13-19(3)14-16-28/h6-12,19H,4-5,13-18H2,1-3H3. The van der Waals surface area contributed by atoms with E-state index in [9.17, 15) is 13.2 Å². The van der Waals surface area contributed by atoms with Gasteiger partial charge in [-0.15, -0.1) is 0 Å². The summed E-state index contributed by atoms with van der Waals surface area (Å²) in [6.45, 7) is 9.18. The molecule has 1 fully saturated rings. The van der Waals surface area contributed by atoms with Crippen LogP contribution in [0.5, 0.6) is 5.75 Å². The van der Waals surface area contributed by atoms with Gasteiger partial charge in [-0.05, 0) is 69.0 Å². The molecule has 0 unspecified atom stereocenters. The molecule has 0 spiro atoms. The Hall–Kier alpha value is -2.53. The second-order valence-electron chi connectivity index (χ2n) is 8.80. The molecule has 0 aliphatic carbocycles. The molecular formula is C26H33N3O5S2. The Balaban J connectivity index is 1.64. The van der Waals surface area contributed by atoms with Crippen LogP contribution in [-0.4, -0.2) is 56.1 Å². The Labute approximate surface area is 216 Å². The fourth-order valence-corrected chi connectivity index (χ4v) is 6.80. The first kappa shape index (κ1) is 26.5. The minimum absolute atomic E-state index is 0.198. The third-order valence-corrected chi connectivity index (χ3v) is 9.26. The fourth-order valence-electron chi connectivity index (χ4n) is 4.26. The molecule has 3 aromatic rings. The van der Waals surface area contributed by atoms with Gasteiger partial charge >= 0.3 is 0 Å². The topological polar surface area (TPSA) is 90.2 Å². The summed E-state index contributed by atoms with van der Waals surface area (Å²) in [5, 5.41) is 0. The lowest BCUT2D eigenvalue weighted by molar-refractivity contribution is 0.0996. The lowest BCUT2D eigenvalue weighted by Crippen LogP contribution is -2.37. The normalized spacial score (nSPS) is 16.0. The number of nitrogens with zero attached hydrogens (tertiary/aromatic N) is 3. The molecule has 1 saturated heterocycles. The smallest absolute Gasteiger partial charge is 0.279 e. The van der Waals surface area contributed by atoms with Crippen LogP contribution in [0.2, 0.25) is 0 Å². The minimum atomic E-state index is -3.57. The number of fused-ring (bicyclic) bond motifs is 1. The molecule has 1 aliphatic rings. The van der Waals surface area contributed by atoms with E-state index < -0.39 is 15.9 Å². The number of hydrogen-bond donors (Lipinski definition) is 0. The van der Waals surface area contributed by atoms with E-state index >= 15 is 0 Å². The van der Waals surface area contributed by atoms with Crippen molar-refractivity contribution >= 4 is 37.5 Å². The van der Waals surface area contributed by atoms with Gasteiger partial charge < -0.3 is 14.0 Å². The molecule has 0 radical (unpaired) electrons. The molecule has 2 heterocycles. The van der Waals surface area contributed by atoms with E-state index in [0.717, 1.165) is 28.8 Å². The largest absolute Gasteiger partial charge is 0.492 e. The zero-order valence-electron chi connectivity index (χ0n) is 21.0. The highest BCUT2D eigenvalue weighted by Crippen LogP contribution is 2.28. The van der Waals surface area contributed by atoms with E-state index in [1.165, 1.54) is 39.9 Å². The van der Waals surface area contributed by atoms with Crippen LogP contribution in [0, 0.1) is 5.92 Å². The van der Waals surface area contributed by atoms with Crippen LogP contribution in [0.4, 0.5) is 0 Å². The van der Waals surface area contributed by atoms with Gasteiger partial charge in [0.15, 0.2) is 4.80 Å². The van der Waals surface area contributed by atoms with Crippen molar-refractivity contribution in [3.05, 3.63) is 52.8 Å². The van der Waals surface area contributed by atoms with Gasteiger partial charge in [-0.1, -0.05) is 24.3 Å². The first-order chi connectivity index (χ1) is 17.3. The van der Waals surface area contributed by atoms with Gasteiger partial charge in [-0.25, -0.2) is 8.42 Å². The van der Waals surface area contributed by atoms with Gasteiger partial charge in [-0.2, -0.15) is 9.30 Å². The highest BCUT2D eigenvalue weighted by atomic mass is 32.2. The van der Waals surface area contributed by atoms with Gasteiger partial charge in [0.05, 0.1) is 22.8 Å². The molecule has 0 atom stereocenters. The lowest BCUT2D eigenvalue weighted by Gasteiger charge is -2.29. The summed E-state index contributed by atoms with van der Waals surface area (Å²) < 4.78 is 41.9. The predicted molar refractivity (Wildman–Crippen MR) is 141 cm³/mol. The molecule has 1 aromatic heterocycles. The molecule has 194 valence electrons. The number of hydrogen-bond acceptors (Lipinski definition) is 6. The number of thiazole rings is 1. The Morgan fingerprint density at radius 2 is 1.81 bits per heavy atom. The van der Waals surface area contributed by atoms with E-state index in [-0.39, 0.29) is 4.90 Å². The lowest BCUT2D eigenvalue weighted by atomic mass is 10.0. The van der Waals surface area contributed by atoms with Crippen LogP contribution >= 0.6 is 11.3 Å². The van der Waals surface area contributed by atoms with Crippen LogP contribution in [0.1, 0.15) is 44.0 Å². The molecule has 1 amide bonds. The highest BCUT2D eigenvalue weighted by molar-refractivity contribution is 7.89. The number of ether oxygens (including phenoxy) is 2. The number of para-hydroxylation sites is 1. The van der Waals surface area contributed by atoms with Gasteiger partial charge in [0, 0.05) is 31.8 Å². The summed E-state index contributed by atoms with van der Waals surface area (Å²) in [4.78, 5) is 18.2. The molecule has 2 aromatic carbocycles. The molecule has 0 saturated carbocycles. The molecule has 4 rings (SSSR count). The van der Waals surface area contributed by atoms with E-state index in [1.54, 1.807) is 0 Å². The molecule has 8 nitrogen and oxygen atoms in total. The number of carbonyl (C=O) groups is 1. The summed E-state index contributed by atoms with van der Waals surface area (Å²) in [6.07, 6.45) is 1.72. The van der Waals surface area contributed by atoms with Crippen molar-refractivity contribution in [1.29, 1.82) is 0 Å². The summed E-state index contributed by atoms with van der Waals surface area (Å²) >= 11 is 1.41. The fraction of sp³-hybridized carbons (Fsp3) is 0.462. The van der Waals surface area contributed by atoms with Crippen LogP contribution in [-0.2, 0) is 21.3 Å². The Morgan fingerprint density at radius 3 is 2.47 bits per heavy atom. The quantitative estimate of drug-likeness (QED) is 0.384. The van der Waals surface area contributed by atoms with Crippen LogP contribution < -0.4 is 9.54 Å². The number of piperidine rings is 1. The summed E-state index contributed by atoms with van der Waals surface area (Å²) in [7, 11) is -3.57. The minimum Gasteiger partial charge on any atom is -0.492 e. The Morgan fingerprint density at radius 1 is 1.08 bits per heavy atom. The Bertz CT molecular complexity index is 1370. The van der Waals surface area contributed by atoms with E-state index in [4.69, 9.17) is 9.47 Å². The maximum Gasteiger partial charge on any atom is 0.279 e. The van der Waals surface area contributed by atoms with Crippen molar-refractivity contribution in [2.75, 3.05) is 32.9 Å². The monoisotopic (exact) mass is 531 g/mol. The number of rotatable bonds is 9. The zero-order valence-corrected chi connectivity index (χ0v) is 22.6. The molecule has 10 heteroatoms. The van der Waals surface area contributed by atoms with Gasteiger partial charge in [0.1, 0.15) is 11.3 Å². The van der Waals surface area contributed by atoms with Crippen molar-refractivity contribution in [2.24, 2.45) is 10.9 Å². The molecule has 0 bridgehead atoms. The molecule has 36 heavy (non-hydrogen) atoms.